The molecular weight excluding hydrogens is 392 g/mol. The molecule has 0 aliphatic heterocycles. The summed E-state index contributed by atoms with van der Waals surface area (Å²) in [6.07, 6.45) is -1.47. The van der Waals surface area contributed by atoms with E-state index < -0.39 is 73.1 Å². The molecule has 0 spiro atoms. The first-order chi connectivity index (χ1) is 13.3. The third kappa shape index (κ3) is 11.3. The zero-order chi connectivity index (χ0) is 22.7. The molecule has 0 heterocycles. The second-order valence-electron chi connectivity index (χ2n) is 6.67. The van der Waals surface area contributed by atoms with E-state index in [9.17, 15) is 28.8 Å². The smallest absolute Gasteiger partial charge is 0.322 e. The minimum Gasteiger partial charge on any atom is -0.481 e. The van der Waals surface area contributed by atoms with Crippen LogP contribution in [0.25, 0.3) is 0 Å². The molecule has 0 saturated heterocycles. The van der Waals surface area contributed by atoms with Crippen LogP contribution in [0.4, 0.5) is 0 Å². The maximum atomic E-state index is 12.4. The monoisotopic (exact) mass is 418 g/mol. The van der Waals surface area contributed by atoms with E-state index in [0.29, 0.717) is 0 Å². The lowest BCUT2D eigenvalue weighted by molar-refractivity contribution is -0.143. The molecule has 0 bridgehead atoms. The Hall–Kier alpha value is -3.22. The molecule has 0 aromatic carbocycles. The highest BCUT2D eigenvalue weighted by atomic mass is 16.4. The molecule has 0 aliphatic carbocycles. The van der Waals surface area contributed by atoms with Crippen molar-refractivity contribution in [2.45, 2.75) is 51.2 Å². The molecule has 3 unspecified atom stereocenters. The minimum atomic E-state index is -1.68. The van der Waals surface area contributed by atoms with Crippen molar-refractivity contribution >= 4 is 35.6 Å². The van der Waals surface area contributed by atoms with E-state index in [1.54, 1.807) is 13.8 Å². The van der Waals surface area contributed by atoms with Gasteiger partial charge in [0.25, 0.3) is 0 Å². The summed E-state index contributed by atoms with van der Waals surface area (Å²) >= 11 is 0. The molecule has 13 nitrogen and oxygen atoms in total. The van der Waals surface area contributed by atoms with E-state index in [2.05, 4.69) is 5.32 Å². The van der Waals surface area contributed by atoms with Crippen LogP contribution >= 0.6 is 0 Å². The molecule has 0 rings (SSSR count). The number of hydrogen-bond acceptors (Lipinski definition) is 7. The number of carbonyl (C=O) groups excluding carboxylic acids is 3. The summed E-state index contributed by atoms with van der Waals surface area (Å²) in [5, 5.41) is 32.5. The average molecular weight is 418 g/mol. The fourth-order valence-corrected chi connectivity index (χ4v) is 2.22. The highest BCUT2D eigenvalue weighted by Crippen LogP contribution is 2.04. The van der Waals surface area contributed by atoms with E-state index in [1.807, 2.05) is 10.6 Å². The largest absolute Gasteiger partial charge is 0.481 e. The normalized spacial score (nSPS) is 13.7. The van der Waals surface area contributed by atoms with Crippen LogP contribution < -0.4 is 21.7 Å². The first-order valence-corrected chi connectivity index (χ1v) is 8.62. The third-order valence-corrected chi connectivity index (χ3v) is 3.50. The van der Waals surface area contributed by atoms with Crippen molar-refractivity contribution in [2.75, 3.05) is 6.54 Å². The summed E-state index contributed by atoms with van der Waals surface area (Å²) in [4.78, 5) is 68.9. The predicted molar refractivity (Wildman–Crippen MR) is 96.4 cm³/mol. The number of nitrogens with two attached hydrogens (primary N) is 1. The number of nitrogens with one attached hydrogen (secondary N) is 3. The first-order valence-electron chi connectivity index (χ1n) is 8.62. The lowest BCUT2D eigenvalue weighted by atomic mass is 10.0. The SMILES string of the molecule is CC(C)CC(N)C(=O)NC(CC(=O)O)C(=O)NC(CC(=O)O)C(=O)NCC(=O)O. The molecule has 3 amide bonds. The number of carbonyl (C=O) groups is 6. The highest BCUT2D eigenvalue weighted by molar-refractivity contribution is 5.96. The maximum Gasteiger partial charge on any atom is 0.322 e. The summed E-state index contributed by atoms with van der Waals surface area (Å²) in [6, 6.07) is -4.31. The topological polar surface area (TPSA) is 225 Å². The van der Waals surface area contributed by atoms with Crippen molar-refractivity contribution in [2.24, 2.45) is 11.7 Å². The Labute approximate surface area is 166 Å². The second kappa shape index (κ2) is 12.3. The van der Waals surface area contributed by atoms with E-state index in [1.165, 1.54) is 0 Å². The van der Waals surface area contributed by atoms with Gasteiger partial charge in [-0.15, -0.1) is 0 Å². The van der Waals surface area contributed by atoms with Crippen molar-refractivity contribution in [3.05, 3.63) is 0 Å². The summed E-state index contributed by atoms with van der Waals surface area (Å²) in [5.41, 5.74) is 5.69. The predicted octanol–water partition coefficient (Wildman–Crippen LogP) is -2.52. The van der Waals surface area contributed by atoms with Gasteiger partial charge in [0, 0.05) is 0 Å². The summed E-state index contributed by atoms with van der Waals surface area (Å²) in [5.74, 6) is -7.26. The van der Waals surface area contributed by atoms with Gasteiger partial charge < -0.3 is 37.0 Å². The lowest BCUT2D eigenvalue weighted by Gasteiger charge is -2.23. The van der Waals surface area contributed by atoms with Gasteiger partial charge in [0.1, 0.15) is 18.6 Å². The Morgan fingerprint density at radius 1 is 0.759 bits per heavy atom. The van der Waals surface area contributed by atoms with Crippen LogP contribution in [-0.4, -0.2) is 75.6 Å². The fraction of sp³-hybridized carbons (Fsp3) is 0.625. The van der Waals surface area contributed by atoms with Gasteiger partial charge in [0.2, 0.25) is 17.7 Å². The third-order valence-electron chi connectivity index (χ3n) is 3.50. The first kappa shape index (κ1) is 25.8. The van der Waals surface area contributed by atoms with Gasteiger partial charge in [-0.05, 0) is 12.3 Å². The molecule has 8 N–H and O–H groups in total. The summed E-state index contributed by atoms with van der Waals surface area (Å²) in [6.45, 7) is 2.80. The van der Waals surface area contributed by atoms with Gasteiger partial charge in [0.15, 0.2) is 0 Å². The molecule has 13 heteroatoms. The van der Waals surface area contributed by atoms with Gasteiger partial charge >= 0.3 is 17.9 Å². The molecule has 0 aliphatic rings. The Kier molecular flexibility index (Phi) is 10.9. The van der Waals surface area contributed by atoms with Crippen LogP contribution in [0.3, 0.4) is 0 Å². The standard InChI is InChI=1S/C16H26N4O9/c1-7(2)3-8(17)14(27)19-10(5-12(23)24)16(29)20-9(4-11(21)22)15(28)18-6-13(25)26/h7-10H,3-6,17H2,1-2H3,(H,18,28)(H,19,27)(H,20,29)(H,21,22)(H,23,24)(H,25,26). The Bertz CT molecular complexity index is 650. The van der Waals surface area contributed by atoms with Crippen molar-refractivity contribution in [1.82, 2.24) is 16.0 Å². The van der Waals surface area contributed by atoms with Crippen LogP contribution in [0.2, 0.25) is 0 Å². The molecule has 164 valence electrons. The fourth-order valence-electron chi connectivity index (χ4n) is 2.22. The van der Waals surface area contributed by atoms with Gasteiger partial charge in [-0.3, -0.25) is 28.8 Å². The average Bonchev–Trinajstić information content (AvgIpc) is 2.56. The maximum absolute atomic E-state index is 12.4. The van der Waals surface area contributed by atoms with Gasteiger partial charge in [-0.25, -0.2) is 0 Å². The van der Waals surface area contributed by atoms with Crippen LogP contribution in [-0.2, 0) is 28.8 Å². The number of aliphatic carboxylic acids is 3. The van der Waals surface area contributed by atoms with Crippen molar-refractivity contribution in [3.8, 4) is 0 Å². The van der Waals surface area contributed by atoms with Crippen LogP contribution in [0.1, 0.15) is 33.1 Å². The highest BCUT2D eigenvalue weighted by Gasteiger charge is 2.31. The zero-order valence-corrected chi connectivity index (χ0v) is 16.0. The molecular formula is C16H26N4O9. The van der Waals surface area contributed by atoms with E-state index in [-0.39, 0.29) is 12.3 Å². The minimum absolute atomic E-state index is 0.0559. The quantitative estimate of drug-likeness (QED) is 0.166. The molecule has 0 aromatic heterocycles. The zero-order valence-electron chi connectivity index (χ0n) is 16.0. The van der Waals surface area contributed by atoms with E-state index in [0.717, 1.165) is 0 Å². The van der Waals surface area contributed by atoms with Crippen molar-refractivity contribution in [1.29, 1.82) is 0 Å². The Balaban J connectivity index is 5.28. The number of rotatable bonds is 13. The number of carboxylic acid groups (broad SMARTS) is 3. The summed E-state index contributed by atoms with van der Waals surface area (Å²) in [7, 11) is 0. The summed E-state index contributed by atoms with van der Waals surface area (Å²) < 4.78 is 0. The van der Waals surface area contributed by atoms with E-state index in [4.69, 9.17) is 21.1 Å². The number of hydrogen-bond donors (Lipinski definition) is 7. The van der Waals surface area contributed by atoms with Crippen LogP contribution in [0.5, 0.6) is 0 Å². The molecule has 3 atom stereocenters. The number of amides is 3. The van der Waals surface area contributed by atoms with E-state index >= 15 is 0 Å². The van der Waals surface area contributed by atoms with Gasteiger partial charge in [0.05, 0.1) is 18.9 Å². The van der Waals surface area contributed by atoms with Crippen molar-refractivity contribution < 1.29 is 44.1 Å². The van der Waals surface area contributed by atoms with Crippen LogP contribution in [0, 0.1) is 5.92 Å². The van der Waals surface area contributed by atoms with Gasteiger partial charge in [-0.2, -0.15) is 0 Å². The molecule has 0 radical (unpaired) electrons. The lowest BCUT2D eigenvalue weighted by Crippen LogP contribution is -2.57. The van der Waals surface area contributed by atoms with Gasteiger partial charge in [-0.1, -0.05) is 13.8 Å². The molecule has 0 aromatic rings. The Morgan fingerprint density at radius 2 is 1.21 bits per heavy atom. The molecule has 29 heavy (non-hydrogen) atoms. The number of carboxylic acids is 3. The second-order valence-corrected chi connectivity index (χ2v) is 6.67. The van der Waals surface area contributed by atoms with Crippen molar-refractivity contribution in [3.63, 3.8) is 0 Å². The van der Waals surface area contributed by atoms with Crippen LogP contribution in [0.15, 0.2) is 0 Å². The molecule has 0 fully saturated rings. The Morgan fingerprint density at radius 3 is 1.62 bits per heavy atom. The molecule has 0 saturated carbocycles.